The molecule has 28 heavy (non-hydrogen) atoms. The SMILES string of the molecule is O=C(NCCCc1ccccc1)c1ccnc(C(=O)NCc2ccccc2)c1. The molecule has 0 saturated heterocycles. The van der Waals surface area contributed by atoms with Crippen molar-refractivity contribution in [2.75, 3.05) is 6.54 Å². The van der Waals surface area contributed by atoms with Gasteiger partial charge in [-0.25, -0.2) is 0 Å². The standard InChI is InChI=1S/C23H23N3O2/c27-22(25-14-7-12-18-8-3-1-4-9-18)20-13-15-24-21(16-20)23(28)26-17-19-10-5-2-6-11-19/h1-6,8-11,13,15-16H,7,12,14,17H2,(H,25,27)(H,26,28). The van der Waals surface area contributed by atoms with Gasteiger partial charge in [0.2, 0.25) is 0 Å². The molecular formula is C23H23N3O2. The van der Waals surface area contributed by atoms with Crippen molar-refractivity contribution < 1.29 is 9.59 Å². The van der Waals surface area contributed by atoms with Crippen LogP contribution in [0.15, 0.2) is 79.0 Å². The molecule has 1 aromatic heterocycles. The fourth-order valence-electron chi connectivity index (χ4n) is 2.81. The second-order valence-corrected chi connectivity index (χ2v) is 6.44. The van der Waals surface area contributed by atoms with Gasteiger partial charge in [0.25, 0.3) is 11.8 Å². The molecule has 2 N–H and O–H groups in total. The third kappa shape index (κ3) is 5.77. The van der Waals surface area contributed by atoms with E-state index in [-0.39, 0.29) is 17.5 Å². The Balaban J connectivity index is 1.49. The van der Waals surface area contributed by atoms with E-state index in [9.17, 15) is 9.59 Å². The molecule has 3 aromatic rings. The molecule has 5 heteroatoms. The van der Waals surface area contributed by atoms with E-state index in [0.29, 0.717) is 18.7 Å². The lowest BCUT2D eigenvalue weighted by molar-refractivity contribution is 0.0946. The summed E-state index contributed by atoms with van der Waals surface area (Å²) in [5.74, 6) is -0.504. The third-order valence-corrected chi connectivity index (χ3v) is 4.32. The van der Waals surface area contributed by atoms with Gasteiger partial charge in [-0.3, -0.25) is 14.6 Å². The maximum atomic E-state index is 12.3. The lowest BCUT2D eigenvalue weighted by atomic mass is 10.1. The van der Waals surface area contributed by atoms with Gasteiger partial charge in [-0.2, -0.15) is 0 Å². The van der Waals surface area contributed by atoms with E-state index in [1.165, 1.54) is 17.8 Å². The summed E-state index contributed by atoms with van der Waals surface area (Å²) < 4.78 is 0. The van der Waals surface area contributed by atoms with E-state index < -0.39 is 0 Å². The minimum absolute atomic E-state index is 0.201. The average Bonchev–Trinajstić information content (AvgIpc) is 2.76. The van der Waals surface area contributed by atoms with E-state index in [0.717, 1.165) is 18.4 Å². The Morgan fingerprint density at radius 3 is 2.18 bits per heavy atom. The van der Waals surface area contributed by atoms with E-state index in [1.807, 2.05) is 48.5 Å². The van der Waals surface area contributed by atoms with E-state index in [4.69, 9.17) is 0 Å². The summed E-state index contributed by atoms with van der Waals surface area (Å²) in [5, 5.41) is 5.71. The number of rotatable bonds is 8. The van der Waals surface area contributed by atoms with Crippen molar-refractivity contribution in [2.24, 2.45) is 0 Å². The van der Waals surface area contributed by atoms with Crippen LogP contribution in [0.3, 0.4) is 0 Å². The number of carbonyl (C=O) groups is 2. The Kier molecular flexibility index (Phi) is 6.90. The maximum Gasteiger partial charge on any atom is 0.270 e. The molecule has 0 aliphatic carbocycles. The van der Waals surface area contributed by atoms with Crippen molar-refractivity contribution in [3.05, 3.63) is 101 Å². The van der Waals surface area contributed by atoms with Crippen LogP contribution >= 0.6 is 0 Å². The van der Waals surface area contributed by atoms with Gasteiger partial charge in [0.05, 0.1) is 0 Å². The summed E-state index contributed by atoms with van der Waals surface area (Å²) in [5.41, 5.74) is 2.91. The minimum atomic E-state index is -0.303. The highest BCUT2D eigenvalue weighted by Crippen LogP contribution is 2.05. The quantitative estimate of drug-likeness (QED) is 0.595. The Labute approximate surface area is 164 Å². The molecule has 1 heterocycles. The van der Waals surface area contributed by atoms with Gasteiger partial charge in [0.15, 0.2) is 0 Å². The van der Waals surface area contributed by atoms with Crippen LogP contribution in [0.25, 0.3) is 0 Å². The van der Waals surface area contributed by atoms with Crippen LogP contribution < -0.4 is 10.6 Å². The molecule has 0 aliphatic rings. The zero-order chi connectivity index (χ0) is 19.6. The fraction of sp³-hybridized carbons (Fsp3) is 0.174. The highest BCUT2D eigenvalue weighted by atomic mass is 16.2. The molecule has 0 spiro atoms. The van der Waals surface area contributed by atoms with Crippen molar-refractivity contribution in [3.8, 4) is 0 Å². The smallest absolute Gasteiger partial charge is 0.270 e. The molecule has 0 bridgehead atoms. The summed E-state index contributed by atoms with van der Waals surface area (Å²) in [6.07, 6.45) is 3.24. The first-order chi connectivity index (χ1) is 13.7. The molecule has 0 unspecified atom stereocenters. The number of hydrogen-bond acceptors (Lipinski definition) is 3. The molecule has 3 rings (SSSR count). The minimum Gasteiger partial charge on any atom is -0.352 e. The molecule has 2 amide bonds. The number of nitrogens with one attached hydrogen (secondary N) is 2. The van der Waals surface area contributed by atoms with Crippen LogP contribution in [-0.4, -0.2) is 23.3 Å². The van der Waals surface area contributed by atoms with Crippen LogP contribution in [0.4, 0.5) is 0 Å². The topological polar surface area (TPSA) is 71.1 Å². The molecule has 0 atom stereocenters. The predicted molar refractivity (Wildman–Crippen MR) is 109 cm³/mol. The molecule has 0 fully saturated rings. The largest absolute Gasteiger partial charge is 0.352 e. The van der Waals surface area contributed by atoms with Crippen LogP contribution in [0.2, 0.25) is 0 Å². The number of pyridine rings is 1. The Hall–Kier alpha value is -3.47. The molecule has 5 nitrogen and oxygen atoms in total. The van der Waals surface area contributed by atoms with Gasteiger partial charge >= 0.3 is 0 Å². The summed E-state index contributed by atoms with van der Waals surface area (Å²) >= 11 is 0. The number of amides is 2. The maximum absolute atomic E-state index is 12.3. The summed E-state index contributed by atoms with van der Waals surface area (Å²) in [6, 6.07) is 22.9. The normalized spacial score (nSPS) is 10.3. The lowest BCUT2D eigenvalue weighted by Gasteiger charge is -2.08. The Morgan fingerprint density at radius 1 is 0.786 bits per heavy atom. The van der Waals surface area contributed by atoms with E-state index in [2.05, 4.69) is 27.8 Å². The number of aryl methyl sites for hydroxylation is 1. The number of hydrogen-bond donors (Lipinski definition) is 2. The van der Waals surface area contributed by atoms with Crippen molar-refractivity contribution >= 4 is 11.8 Å². The van der Waals surface area contributed by atoms with Gasteiger partial charge in [-0.1, -0.05) is 60.7 Å². The zero-order valence-corrected chi connectivity index (χ0v) is 15.6. The lowest BCUT2D eigenvalue weighted by Crippen LogP contribution is -2.27. The highest BCUT2D eigenvalue weighted by Gasteiger charge is 2.11. The Morgan fingerprint density at radius 2 is 1.46 bits per heavy atom. The second-order valence-electron chi connectivity index (χ2n) is 6.44. The first-order valence-corrected chi connectivity index (χ1v) is 9.32. The highest BCUT2D eigenvalue weighted by molar-refractivity contribution is 5.98. The van der Waals surface area contributed by atoms with Crippen LogP contribution in [-0.2, 0) is 13.0 Å². The van der Waals surface area contributed by atoms with Crippen molar-refractivity contribution in [2.45, 2.75) is 19.4 Å². The Bertz CT molecular complexity index is 911. The molecular weight excluding hydrogens is 350 g/mol. The van der Waals surface area contributed by atoms with Gasteiger partial charge in [0, 0.05) is 24.8 Å². The van der Waals surface area contributed by atoms with Gasteiger partial charge in [0.1, 0.15) is 5.69 Å². The number of benzene rings is 2. The first-order valence-electron chi connectivity index (χ1n) is 9.32. The molecule has 2 aromatic carbocycles. The van der Waals surface area contributed by atoms with E-state index >= 15 is 0 Å². The summed E-state index contributed by atoms with van der Waals surface area (Å²) in [6.45, 7) is 0.989. The van der Waals surface area contributed by atoms with E-state index in [1.54, 1.807) is 6.07 Å². The molecule has 0 radical (unpaired) electrons. The molecule has 142 valence electrons. The summed E-state index contributed by atoms with van der Waals surface area (Å²) in [4.78, 5) is 28.7. The van der Waals surface area contributed by atoms with Gasteiger partial charge < -0.3 is 10.6 Å². The average molecular weight is 373 g/mol. The number of carbonyl (C=O) groups excluding carboxylic acids is 2. The first kappa shape index (κ1) is 19.3. The monoisotopic (exact) mass is 373 g/mol. The predicted octanol–water partition coefficient (Wildman–Crippen LogP) is 3.37. The fourth-order valence-corrected chi connectivity index (χ4v) is 2.81. The molecule has 0 saturated carbocycles. The zero-order valence-electron chi connectivity index (χ0n) is 15.6. The molecule has 0 aliphatic heterocycles. The van der Waals surface area contributed by atoms with Crippen molar-refractivity contribution in [1.29, 1.82) is 0 Å². The number of nitrogens with zero attached hydrogens (tertiary/aromatic N) is 1. The van der Waals surface area contributed by atoms with Crippen LogP contribution in [0.5, 0.6) is 0 Å². The van der Waals surface area contributed by atoms with Crippen LogP contribution in [0, 0.1) is 0 Å². The van der Waals surface area contributed by atoms with Crippen molar-refractivity contribution in [3.63, 3.8) is 0 Å². The third-order valence-electron chi connectivity index (χ3n) is 4.32. The van der Waals surface area contributed by atoms with Crippen LogP contribution in [0.1, 0.15) is 38.4 Å². The van der Waals surface area contributed by atoms with Gasteiger partial charge in [-0.15, -0.1) is 0 Å². The number of aromatic nitrogens is 1. The van der Waals surface area contributed by atoms with Crippen molar-refractivity contribution in [1.82, 2.24) is 15.6 Å². The van der Waals surface area contributed by atoms with Gasteiger partial charge in [-0.05, 0) is 36.1 Å². The second kappa shape index (κ2) is 10.0. The summed E-state index contributed by atoms with van der Waals surface area (Å²) in [7, 11) is 0.